The van der Waals surface area contributed by atoms with Gasteiger partial charge in [-0.3, -0.25) is 0 Å². The summed E-state index contributed by atoms with van der Waals surface area (Å²) in [4.78, 5) is 2.03. The standard InChI is InChI=1S/C10H13BrF3NS/c1-6-7(11)5-9(16-6)8(15-2)3-4-10(12,13)14/h5,8,15H,3-4H2,1-2H3. The molecule has 0 aromatic carbocycles. The van der Waals surface area contributed by atoms with Gasteiger partial charge in [0.1, 0.15) is 0 Å². The van der Waals surface area contributed by atoms with E-state index in [9.17, 15) is 13.2 Å². The van der Waals surface area contributed by atoms with Crippen LogP contribution < -0.4 is 5.32 Å². The minimum Gasteiger partial charge on any atom is -0.312 e. The molecule has 1 heterocycles. The predicted octanol–water partition coefficient (Wildman–Crippen LogP) is 4.42. The van der Waals surface area contributed by atoms with E-state index in [0.717, 1.165) is 14.2 Å². The highest BCUT2D eigenvalue weighted by Crippen LogP contribution is 2.34. The third-order valence-electron chi connectivity index (χ3n) is 2.28. The van der Waals surface area contributed by atoms with Crippen LogP contribution in [0.3, 0.4) is 0 Å². The number of halogens is 4. The number of hydrogen-bond acceptors (Lipinski definition) is 2. The van der Waals surface area contributed by atoms with Crippen LogP contribution in [-0.4, -0.2) is 13.2 Å². The lowest BCUT2D eigenvalue weighted by atomic mass is 10.1. The summed E-state index contributed by atoms with van der Waals surface area (Å²) in [6, 6.07) is 1.66. The molecule has 92 valence electrons. The van der Waals surface area contributed by atoms with Crippen LogP contribution in [0.2, 0.25) is 0 Å². The average molecular weight is 316 g/mol. The molecule has 0 saturated heterocycles. The van der Waals surface area contributed by atoms with Gasteiger partial charge in [-0.05, 0) is 42.4 Å². The zero-order chi connectivity index (χ0) is 12.3. The van der Waals surface area contributed by atoms with Crippen molar-refractivity contribution in [1.29, 1.82) is 0 Å². The summed E-state index contributed by atoms with van der Waals surface area (Å²) >= 11 is 4.89. The van der Waals surface area contributed by atoms with Gasteiger partial charge in [0.05, 0.1) is 0 Å². The monoisotopic (exact) mass is 315 g/mol. The van der Waals surface area contributed by atoms with Crippen LogP contribution in [0.25, 0.3) is 0 Å². The van der Waals surface area contributed by atoms with Gasteiger partial charge in [-0.25, -0.2) is 0 Å². The molecular formula is C10H13BrF3NS. The molecule has 16 heavy (non-hydrogen) atoms. The molecule has 6 heteroatoms. The van der Waals surface area contributed by atoms with Crippen LogP contribution in [0, 0.1) is 6.92 Å². The summed E-state index contributed by atoms with van der Waals surface area (Å²) in [7, 11) is 1.68. The molecule has 1 aromatic rings. The van der Waals surface area contributed by atoms with Crippen molar-refractivity contribution in [3.63, 3.8) is 0 Å². The average Bonchev–Trinajstić information content (AvgIpc) is 2.46. The number of hydrogen-bond donors (Lipinski definition) is 1. The molecule has 0 aliphatic heterocycles. The first kappa shape index (κ1) is 14.0. The van der Waals surface area contributed by atoms with Crippen LogP contribution in [0.1, 0.15) is 28.6 Å². The largest absolute Gasteiger partial charge is 0.389 e. The second-order valence-corrected chi connectivity index (χ2v) is 5.69. The molecule has 1 unspecified atom stereocenters. The Balaban J connectivity index is 2.68. The highest BCUT2D eigenvalue weighted by Gasteiger charge is 2.28. The van der Waals surface area contributed by atoms with E-state index in [-0.39, 0.29) is 12.5 Å². The Bertz CT molecular complexity index is 329. The van der Waals surface area contributed by atoms with Crippen molar-refractivity contribution in [1.82, 2.24) is 5.32 Å². The van der Waals surface area contributed by atoms with E-state index in [1.807, 2.05) is 13.0 Å². The molecule has 1 aromatic heterocycles. The van der Waals surface area contributed by atoms with Gasteiger partial charge < -0.3 is 5.32 Å². The fraction of sp³-hybridized carbons (Fsp3) is 0.600. The Hall–Kier alpha value is -0.0700. The summed E-state index contributed by atoms with van der Waals surface area (Å²) in [5.41, 5.74) is 0. The van der Waals surface area contributed by atoms with Crippen LogP contribution in [0.15, 0.2) is 10.5 Å². The van der Waals surface area contributed by atoms with Crippen LogP contribution in [0.4, 0.5) is 13.2 Å². The smallest absolute Gasteiger partial charge is 0.312 e. The summed E-state index contributed by atoms with van der Waals surface area (Å²) in [5, 5.41) is 2.92. The van der Waals surface area contributed by atoms with Crippen molar-refractivity contribution in [3.05, 3.63) is 20.3 Å². The van der Waals surface area contributed by atoms with E-state index >= 15 is 0 Å². The molecule has 0 saturated carbocycles. The molecule has 1 nitrogen and oxygen atoms in total. The Labute approximate surface area is 105 Å². The number of nitrogens with one attached hydrogen (secondary N) is 1. The molecule has 1 N–H and O–H groups in total. The maximum absolute atomic E-state index is 12.1. The van der Waals surface area contributed by atoms with Crippen LogP contribution in [-0.2, 0) is 0 Å². The van der Waals surface area contributed by atoms with Crippen molar-refractivity contribution < 1.29 is 13.2 Å². The molecule has 0 amide bonds. The topological polar surface area (TPSA) is 12.0 Å². The quantitative estimate of drug-likeness (QED) is 0.867. The maximum atomic E-state index is 12.1. The Morgan fingerprint density at radius 3 is 2.50 bits per heavy atom. The number of alkyl halides is 3. The SMILES string of the molecule is CNC(CCC(F)(F)F)c1cc(Br)c(C)s1. The molecule has 0 radical (unpaired) electrons. The van der Waals surface area contributed by atoms with Crippen molar-refractivity contribution in [2.24, 2.45) is 0 Å². The van der Waals surface area contributed by atoms with Crippen molar-refractivity contribution >= 4 is 27.3 Å². The third-order valence-corrected chi connectivity index (χ3v) is 4.53. The zero-order valence-electron chi connectivity index (χ0n) is 8.99. The van der Waals surface area contributed by atoms with Gasteiger partial charge in [0.15, 0.2) is 0 Å². The van der Waals surface area contributed by atoms with Crippen LogP contribution >= 0.6 is 27.3 Å². The lowest BCUT2D eigenvalue weighted by Gasteiger charge is -2.15. The highest BCUT2D eigenvalue weighted by molar-refractivity contribution is 9.10. The Morgan fingerprint density at radius 1 is 1.50 bits per heavy atom. The summed E-state index contributed by atoms with van der Waals surface area (Å²) in [6.45, 7) is 1.94. The van der Waals surface area contributed by atoms with Gasteiger partial charge in [-0.1, -0.05) is 0 Å². The van der Waals surface area contributed by atoms with Gasteiger partial charge in [-0.15, -0.1) is 11.3 Å². The van der Waals surface area contributed by atoms with Gasteiger partial charge in [0, 0.05) is 26.7 Å². The Kier molecular flexibility index (Phi) is 4.82. The lowest BCUT2D eigenvalue weighted by Crippen LogP contribution is -2.18. The molecular weight excluding hydrogens is 303 g/mol. The predicted molar refractivity (Wildman–Crippen MR) is 63.8 cm³/mol. The lowest BCUT2D eigenvalue weighted by molar-refractivity contribution is -0.136. The molecule has 0 bridgehead atoms. The summed E-state index contributed by atoms with van der Waals surface area (Å²) in [6.07, 6.45) is -4.77. The normalized spacial score (nSPS) is 14.1. The zero-order valence-corrected chi connectivity index (χ0v) is 11.4. The molecule has 1 rings (SSSR count). The molecule has 0 spiro atoms. The van der Waals surface area contributed by atoms with E-state index in [1.165, 1.54) is 11.3 Å². The van der Waals surface area contributed by atoms with Gasteiger partial charge >= 0.3 is 6.18 Å². The van der Waals surface area contributed by atoms with E-state index in [0.29, 0.717) is 0 Å². The minimum atomic E-state index is -4.08. The minimum absolute atomic E-state index is 0.0758. The van der Waals surface area contributed by atoms with E-state index in [4.69, 9.17) is 0 Å². The van der Waals surface area contributed by atoms with Crippen LogP contribution in [0.5, 0.6) is 0 Å². The second-order valence-electron chi connectivity index (χ2n) is 3.55. The summed E-state index contributed by atoms with van der Waals surface area (Å²) in [5.74, 6) is 0. The molecule has 1 atom stereocenters. The Morgan fingerprint density at radius 2 is 2.12 bits per heavy atom. The molecule has 0 aliphatic rings. The van der Waals surface area contributed by atoms with E-state index < -0.39 is 12.6 Å². The van der Waals surface area contributed by atoms with Gasteiger partial charge in [0.2, 0.25) is 0 Å². The van der Waals surface area contributed by atoms with Gasteiger partial charge in [-0.2, -0.15) is 13.2 Å². The first-order valence-electron chi connectivity index (χ1n) is 4.83. The first-order chi connectivity index (χ1) is 7.33. The second kappa shape index (κ2) is 5.51. The van der Waals surface area contributed by atoms with Crippen molar-refractivity contribution in [2.75, 3.05) is 7.05 Å². The number of thiophene rings is 1. The highest BCUT2D eigenvalue weighted by atomic mass is 79.9. The van der Waals surface area contributed by atoms with Crippen molar-refractivity contribution in [3.8, 4) is 0 Å². The molecule has 0 fully saturated rings. The fourth-order valence-electron chi connectivity index (χ4n) is 1.39. The van der Waals surface area contributed by atoms with Crippen molar-refractivity contribution in [2.45, 2.75) is 32.0 Å². The van der Waals surface area contributed by atoms with E-state index in [2.05, 4.69) is 21.2 Å². The van der Waals surface area contributed by atoms with E-state index in [1.54, 1.807) is 7.05 Å². The summed E-state index contributed by atoms with van der Waals surface area (Å²) < 4.78 is 37.3. The number of rotatable bonds is 4. The third kappa shape index (κ3) is 4.07. The number of aryl methyl sites for hydroxylation is 1. The van der Waals surface area contributed by atoms with Gasteiger partial charge in [0.25, 0.3) is 0 Å². The first-order valence-corrected chi connectivity index (χ1v) is 6.44. The fourth-order valence-corrected chi connectivity index (χ4v) is 3.10. The maximum Gasteiger partial charge on any atom is 0.389 e. The molecule has 0 aliphatic carbocycles.